The molecule has 3 heterocycles. The second-order valence-corrected chi connectivity index (χ2v) is 6.87. The zero-order valence-corrected chi connectivity index (χ0v) is 15.7. The molecule has 2 N–H and O–H groups in total. The maximum Gasteiger partial charge on any atom is 0.287 e. The number of carbonyl (C=O) groups is 3. The van der Waals surface area contributed by atoms with Gasteiger partial charge in [-0.05, 0) is 37.1 Å². The molecule has 9 heteroatoms. The second-order valence-electron chi connectivity index (χ2n) is 6.87. The smallest absolute Gasteiger partial charge is 0.287 e. The van der Waals surface area contributed by atoms with Gasteiger partial charge in [0.2, 0.25) is 18.6 Å². The van der Waals surface area contributed by atoms with E-state index in [1.165, 1.54) is 12.3 Å². The molecule has 1 aromatic heterocycles. The SMILES string of the molecule is O=C(NCC(=O)N1CCC(C(=O)Nc2ccc3c(c2)OCO3)CC1)c1ccco1. The van der Waals surface area contributed by atoms with E-state index in [1.54, 1.807) is 29.2 Å². The third-order valence-corrected chi connectivity index (χ3v) is 5.00. The van der Waals surface area contributed by atoms with E-state index in [0.717, 1.165) is 0 Å². The van der Waals surface area contributed by atoms with Crippen molar-refractivity contribution in [2.75, 3.05) is 31.7 Å². The van der Waals surface area contributed by atoms with Crippen LogP contribution in [-0.4, -0.2) is 49.0 Å². The minimum Gasteiger partial charge on any atom is -0.459 e. The molecule has 2 aliphatic heterocycles. The summed E-state index contributed by atoms with van der Waals surface area (Å²) in [6, 6.07) is 8.41. The zero-order valence-electron chi connectivity index (χ0n) is 15.7. The summed E-state index contributed by atoms with van der Waals surface area (Å²) in [7, 11) is 0. The van der Waals surface area contributed by atoms with E-state index in [4.69, 9.17) is 13.9 Å². The molecule has 0 bridgehead atoms. The largest absolute Gasteiger partial charge is 0.459 e. The number of anilines is 1. The molecule has 152 valence electrons. The van der Waals surface area contributed by atoms with Gasteiger partial charge in [0.15, 0.2) is 17.3 Å². The molecule has 9 nitrogen and oxygen atoms in total. The number of nitrogens with zero attached hydrogens (tertiary/aromatic N) is 1. The first-order chi connectivity index (χ1) is 14.1. The van der Waals surface area contributed by atoms with E-state index in [-0.39, 0.29) is 36.8 Å². The molecule has 0 unspecified atom stereocenters. The summed E-state index contributed by atoms with van der Waals surface area (Å²) in [5, 5.41) is 5.44. The third kappa shape index (κ3) is 4.34. The van der Waals surface area contributed by atoms with Crippen LogP contribution >= 0.6 is 0 Å². The van der Waals surface area contributed by atoms with Crippen molar-refractivity contribution in [2.45, 2.75) is 12.8 Å². The lowest BCUT2D eigenvalue weighted by atomic mass is 9.95. The van der Waals surface area contributed by atoms with Gasteiger partial charge in [-0.25, -0.2) is 0 Å². The molecule has 1 aromatic carbocycles. The van der Waals surface area contributed by atoms with Crippen molar-refractivity contribution < 1.29 is 28.3 Å². The van der Waals surface area contributed by atoms with Crippen LogP contribution in [0.25, 0.3) is 0 Å². The van der Waals surface area contributed by atoms with Gasteiger partial charge in [-0.3, -0.25) is 14.4 Å². The second kappa shape index (κ2) is 8.26. The Morgan fingerprint density at radius 2 is 1.86 bits per heavy atom. The van der Waals surface area contributed by atoms with E-state index < -0.39 is 5.91 Å². The molecular formula is C20H21N3O6. The third-order valence-electron chi connectivity index (χ3n) is 5.00. The summed E-state index contributed by atoms with van der Waals surface area (Å²) in [5.74, 6) is 0.565. The fraction of sp³-hybridized carbons (Fsp3) is 0.350. The highest BCUT2D eigenvalue weighted by atomic mass is 16.7. The topological polar surface area (TPSA) is 110 Å². The van der Waals surface area contributed by atoms with Crippen molar-refractivity contribution >= 4 is 23.4 Å². The molecule has 29 heavy (non-hydrogen) atoms. The summed E-state index contributed by atoms with van der Waals surface area (Å²) in [5.41, 5.74) is 0.651. The lowest BCUT2D eigenvalue weighted by molar-refractivity contribution is -0.133. The van der Waals surface area contributed by atoms with E-state index >= 15 is 0 Å². The van der Waals surface area contributed by atoms with Gasteiger partial charge in [-0.15, -0.1) is 0 Å². The number of amides is 3. The highest BCUT2D eigenvalue weighted by Crippen LogP contribution is 2.34. The molecule has 2 aliphatic rings. The fourth-order valence-corrected chi connectivity index (χ4v) is 3.37. The first kappa shape index (κ1) is 18.9. The van der Waals surface area contributed by atoms with Crippen LogP contribution in [0.2, 0.25) is 0 Å². The van der Waals surface area contributed by atoms with Gasteiger partial charge in [0.25, 0.3) is 5.91 Å². The lowest BCUT2D eigenvalue weighted by Crippen LogP contribution is -2.45. The lowest BCUT2D eigenvalue weighted by Gasteiger charge is -2.31. The summed E-state index contributed by atoms with van der Waals surface area (Å²) >= 11 is 0. The molecule has 0 aliphatic carbocycles. The van der Waals surface area contributed by atoms with Gasteiger partial charge in [-0.2, -0.15) is 0 Å². The molecule has 4 rings (SSSR count). The van der Waals surface area contributed by atoms with Gasteiger partial charge in [-0.1, -0.05) is 0 Å². The highest BCUT2D eigenvalue weighted by molar-refractivity contribution is 5.94. The van der Waals surface area contributed by atoms with E-state index in [2.05, 4.69) is 10.6 Å². The Morgan fingerprint density at radius 3 is 2.62 bits per heavy atom. The number of ether oxygens (including phenoxy) is 2. The Morgan fingerprint density at radius 1 is 1.07 bits per heavy atom. The van der Waals surface area contributed by atoms with Crippen LogP contribution in [0, 0.1) is 5.92 Å². The molecule has 0 saturated carbocycles. The monoisotopic (exact) mass is 399 g/mol. The van der Waals surface area contributed by atoms with E-state index in [0.29, 0.717) is 43.1 Å². The number of nitrogens with one attached hydrogen (secondary N) is 2. The van der Waals surface area contributed by atoms with Crippen LogP contribution in [0.4, 0.5) is 5.69 Å². The van der Waals surface area contributed by atoms with Gasteiger partial charge in [0.1, 0.15) is 0 Å². The molecule has 0 radical (unpaired) electrons. The molecule has 3 amide bonds. The number of hydrogen-bond donors (Lipinski definition) is 2. The zero-order chi connectivity index (χ0) is 20.2. The number of likely N-dealkylation sites (tertiary alicyclic amines) is 1. The average molecular weight is 399 g/mol. The van der Waals surface area contributed by atoms with Gasteiger partial charge in [0, 0.05) is 30.8 Å². The molecule has 2 aromatic rings. The average Bonchev–Trinajstić information content (AvgIpc) is 3.43. The van der Waals surface area contributed by atoms with Crippen molar-refractivity contribution in [3.63, 3.8) is 0 Å². The predicted molar refractivity (Wildman–Crippen MR) is 102 cm³/mol. The number of benzene rings is 1. The summed E-state index contributed by atoms with van der Waals surface area (Å²) < 4.78 is 15.6. The van der Waals surface area contributed by atoms with Crippen LogP contribution in [-0.2, 0) is 9.59 Å². The molecular weight excluding hydrogens is 378 g/mol. The van der Waals surface area contributed by atoms with Crippen molar-refractivity contribution in [1.29, 1.82) is 0 Å². The first-order valence-electron chi connectivity index (χ1n) is 9.40. The van der Waals surface area contributed by atoms with Crippen LogP contribution in [0.3, 0.4) is 0 Å². The van der Waals surface area contributed by atoms with Crippen LogP contribution in [0.5, 0.6) is 11.5 Å². The maximum absolute atomic E-state index is 12.5. The Kier molecular flexibility index (Phi) is 5.37. The Balaban J connectivity index is 1.23. The Labute approximate surface area is 166 Å². The molecule has 1 fully saturated rings. The van der Waals surface area contributed by atoms with Gasteiger partial charge in [0.05, 0.1) is 12.8 Å². The van der Waals surface area contributed by atoms with Crippen molar-refractivity contribution in [2.24, 2.45) is 5.92 Å². The molecule has 1 saturated heterocycles. The number of hydrogen-bond acceptors (Lipinski definition) is 6. The van der Waals surface area contributed by atoms with Crippen molar-refractivity contribution in [1.82, 2.24) is 10.2 Å². The summed E-state index contributed by atoms with van der Waals surface area (Å²) in [4.78, 5) is 38.3. The van der Waals surface area contributed by atoms with Crippen LogP contribution in [0.1, 0.15) is 23.4 Å². The Bertz CT molecular complexity index is 903. The number of fused-ring (bicyclic) bond motifs is 1. The van der Waals surface area contributed by atoms with E-state index in [1.807, 2.05) is 0 Å². The van der Waals surface area contributed by atoms with E-state index in [9.17, 15) is 14.4 Å². The van der Waals surface area contributed by atoms with Gasteiger partial charge >= 0.3 is 0 Å². The number of carbonyl (C=O) groups excluding carboxylic acids is 3. The number of rotatable bonds is 5. The normalized spacial score (nSPS) is 15.8. The first-order valence-corrected chi connectivity index (χ1v) is 9.40. The minimum atomic E-state index is -0.429. The summed E-state index contributed by atoms with van der Waals surface area (Å²) in [6.45, 7) is 1.01. The summed E-state index contributed by atoms with van der Waals surface area (Å²) in [6.07, 6.45) is 2.53. The predicted octanol–water partition coefficient (Wildman–Crippen LogP) is 1.62. The number of furan rings is 1. The van der Waals surface area contributed by atoms with Crippen LogP contribution < -0.4 is 20.1 Å². The quantitative estimate of drug-likeness (QED) is 0.791. The standard InChI is InChI=1S/C20H21N3O6/c24-18(11-21-20(26)16-2-1-9-27-16)23-7-5-13(6-8-23)19(25)22-14-3-4-15-17(10-14)29-12-28-15/h1-4,9-10,13H,5-8,11-12H2,(H,21,26)(H,22,25). The maximum atomic E-state index is 12.5. The van der Waals surface area contributed by atoms with Crippen LogP contribution in [0.15, 0.2) is 41.0 Å². The molecule has 0 atom stereocenters. The Hall–Kier alpha value is -3.49. The van der Waals surface area contributed by atoms with Crippen molar-refractivity contribution in [3.8, 4) is 11.5 Å². The fourth-order valence-electron chi connectivity index (χ4n) is 3.37. The van der Waals surface area contributed by atoms with Crippen molar-refractivity contribution in [3.05, 3.63) is 42.4 Å². The number of piperidine rings is 1. The highest BCUT2D eigenvalue weighted by Gasteiger charge is 2.28. The van der Waals surface area contributed by atoms with Gasteiger partial charge < -0.3 is 29.4 Å². The minimum absolute atomic E-state index is 0.0814. The molecule has 0 spiro atoms.